The highest BCUT2D eigenvalue weighted by molar-refractivity contribution is 6.22. The standard InChI is InChI=1S/C10H22Cl2N10/c11-21(9(17)19-7(13)14)5-3-1-2-4-6-22(12)10(18)20-8(15)16/h1-6H2,(H5,13,14,17,19)(H5,15,16,18,20). The zero-order chi connectivity index (χ0) is 17.1. The molecule has 12 heteroatoms. The van der Waals surface area contributed by atoms with Crippen molar-refractivity contribution in [1.82, 2.24) is 8.84 Å². The summed E-state index contributed by atoms with van der Waals surface area (Å²) in [5.74, 6) is -0.805. The van der Waals surface area contributed by atoms with Gasteiger partial charge in [-0.25, -0.2) is 0 Å². The van der Waals surface area contributed by atoms with E-state index in [-0.39, 0.29) is 23.8 Å². The van der Waals surface area contributed by atoms with Crippen molar-refractivity contribution in [3.8, 4) is 0 Å². The fourth-order valence-corrected chi connectivity index (χ4v) is 1.73. The van der Waals surface area contributed by atoms with Gasteiger partial charge in [-0.05, 0) is 12.8 Å². The SMILES string of the molecule is N=C(N=C(N)N)N(Cl)CCCCCCN(Cl)C(=N)N=C(N)N. The third-order valence-electron chi connectivity index (χ3n) is 2.39. The van der Waals surface area contributed by atoms with Crippen LogP contribution in [0.1, 0.15) is 25.7 Å². The van der Waals surface area contributed by atoms with Gasteiger partial charge in [-0.1, -0.05) is 12.8 Å². The summed E-state index contributed by atoms with van der Waals surface area (Å²) in [7, 11) is 0. The summed E-state index contributed by atoms with van der Waals surface area (Å²) >= 11 is 11.6. The van der Waals surface area contributed by atoms with Crippen LogP contribution in [-0.2, 0) is 0 Å². The first-order valence-electron chi connectivity index (χ1n) is 6.47. The molecule has 126 valence electrons. The minimum Gasteiger partial charge on any atom is -0.370 e. The zero-order valence-electron chi connectivity index (χ0n) is 12.1. The lowest BCUT2D eigenvalue weighted by Crippen LogP contribution is -2.29. The van der Waals surface area contributed by atoms with Crippen molar-refractivity contribution in [2.24, 2.45) is 32.9 Å². The molecule has 0 aliphatic heterocycles. The van der Waals surface area contributed by atoms with Crippen LogP contribution in [0.25, 0.3) is 0 Å². The molecular formula is C10H22Cl2N10. The van der Waals surface area contributed by atoms with Crippen molar-refractivity contribution in [1.29, 1.82) is 10.8 Å². The van der Waals surface area contributed by atoms with E-state index in [0.717, 1.165) is 34.5 Å². The lowest BCUT2D eigenvalue weighted by atomic mass is 10.2. The molecule has 0 rings (SSSR count). The number of nitrogens with one attached hydrogen (secondary N) is 2. The minimum atomic E-state index is -0.207. The van der Waals surface area contributed by atoms with E-state index in [1.165, 1.54) is 0 Å². The molecule has 0 amide bonds. The van der Waals surface area contributed by atoms with Gasteiger partial charge in [0.25, 0.3) is 0 Å². The van der Waals surface area contributed by atoms with Gasteiger partial charge in [0, 0.05) is 36.6 Å². The van der Waals surface area contributed by atoms with Gasteiger partial charge < -0.3 is 22.9 Å². The second-order valence-electron chi connectivity index (χ2n) is 4.31. The Morgan fingerprint density at radius 2 is 1.05 bits per heavy atom. The van der Waals surface area contributed by atoms with Gasteiger partial charge in [-0.15, -0.1) is 0 Å². The van der Waals surface area contributed by atoms with Crippen LogP contribution in [-0.4, -0.2) is 45.8 Å². The number of aliphatic imine (C=N–C) groups is 2. The Hall–Kier alpha value is -1.94. The first-order valence-corrected chi connectivity index (χ1v) is 7.14. The number of hydrogen-bond acceptors (Lipinski definition) is 2. The van der Waals surface area contributed by atoms with Crippen LogP contribution in [0.5, 0.6) is 0 Å². The zero-order valence-corrected chi connectivity index (χ0v) is 13.6. The summed E-state index contributed by atoms with van der Waals surface area (Å²) in [5.41, 5.74) is 20.6. The van der Waals surface area contributed by atoms with Crippen molar-refractivity contribution < 1.29 is 0 Å². The van der Waals surface area contributed by atoms with Gasteiger partial charge in [0.05, 0.1) is 0 Å². The highest BCUT2D eigenvalue weighted by Gasteiger charge is 2.07. The number of rotatable bonds is 7. The van der Waals surface area contributed by atoms with Crippen LogP contribution in [0, 0.1) is 10.8 Å². The van der Waals surface area contributed by atoms with Crippen LogP contribution >= 0.6 is 23.6 Å². The van der Waals surface area contributed by atoms with Gasteiger partial charge in [0.2, 0.25) is 11.9 Å². The molecule has 0 fully saturated rings. The monoisotopic (exact) mass is 352 g/mol. The molecule has 0 heterocycles. The lowest BCUT2D eigenvalue weighted by molar-refractivity contribution is 0.524. The predicted octanol–water partition coefficient (Wildman–Crippen LogP) is -0.125. The van der Waals surface area contributed by atoms with Crippen LogP contribution in [0.15, 0.2) is 9.98 Å². The molecule has 0 bridgehead atoms. The Balaban J connectivity index is 3.78. The third kappa shape index (κ3) is 9.88. The summed E-state index contributed by atoms with van der Waals surface area (Å²) in [6.45, 7) is 0.900. The lowest BCUT2D eigenvalue weighted by Gasteiger charge is -2.14. The van der Waals surface area contributed by atoms with E-state index in [2.05, 4.69) is 9.98 Å². The Kier molecular flexibility index (Phi) is 9.79. The van der Waals surface area contributed by atoms with E-state index < -0.39 is 0 Å². The average molecular weight is 353 g/mol. The van der Waals surface area contributed by atoms with Crippen molar-refractivity contribution >= 4 is 47.4 Å². The maximum atomic E-state index is 7.47. The van der Waals surface area contributed by atoms with Gasteiger partial charge >= 0.3 is 0 Å². The largest absolute Gasteiger partial charge is 0.370 e. The molecule has 0 aromatic heterocycles. The van der Waals surface area contributed by atoms with Crippen LogP contribution in [0.2, 0.25) is 0 Å². The summed E-state index contributed by atoms with van der Waals surface area (Å²) in [6.07, 6.45) is 3.27. The highest BCUT2D eigenvalue weighted by Crippen LogP contribution is 2.07. The van der Waals surface area contributed by atoms with E-state index in [9.17, 15) is 0 Å². The molecule has 0 saturated carbocycles. The van der Waals surface area contributed by atoms with E-state index in [1.54, 1.807) is 0 Å². The molecule has 10 nitrogen and oxygen atoms in total. The average Bonchev–Trinajstić information content (AvgIpc) is 2.40. The molecule has 0 atom stereocenters. The molecule has 0 aromatic rings. The van der Waals surface area contributed by atoms with Gasteiger partial charge in [-0.2, -0.15) is 9.98 Å². The summed E-state index contributed by atoms with van der Waals surface area (Å²) in [4.78, 5) is 7.06. The Bertz CT molecular complexity index is 387. The maximum Gasteiger partial charge on any atom is 0.235 e. The maximum absolute atomic E-state index is 7.47. The molecule has 0 unspecified atom stereocenters. The minimum absolute atomic E-state index is 0.195. The van der Waals surface area contributed by atoms with Crippen molar-refractivity contribution in [2.75, 3.05) is 13.1 Å². The van der Waals surface area contributed by atoms with Gasteiger partial charge in [-0.3, -0.25) is 19.7 Å². The van der Waals surface area contributed by atoms with Crippen LogP contribution in [0.3, 0.4) is 0 Å². The number of nitrogens with two attached hydrogens (primary N) is 4. The summed E-state index contributed by atoms with van der Waals surface area (Å²) < 4.78 is 2.28. The number of unbranched alkanes of at least 4 members (excludes halogenated alkanes) is 3. The van der Waals surface area contributed by atoms with E-state index in [0.29, 0.717) is 13.1 Å². The Labute approximate surface area is 139 Å². The normalized spacial score (nSPS) is 9.73. The highest BCUT2D eigenvalue weighted by atomic mass is 35.5. The Morgan fingerprint density at radius 3 is 1.32 bits per heavy atom. The fourth-order valence-electron chi connectivity index (χ4n) is 1.42. The first-order chi connectivity index (χ1) is 10.2. The van der Waals surface area contributed by atoms with E-state index in [1.807, 2.05) is 0 Å². The molecule has 0 aliphatic rings. The summed E-state index contributed by atoms with van der Waals surface area (Å²) in [5, 5.41) is 14.9. The number of halogens is 2. The predicted molar refractivity (Wildman–Crippen MR) is 90.7 cm³/mol. The topological polar surface area (TPSA) is 183 Å². The van der Waals surface area contributed by atoms with Crippen LogP contribution < -0.4 is 22.9 Å². The molecule has 0 saturated heterocycles. The van der Waals surface area contributed by atoms with E-state index >= 15 is 0 Å². The van der Waals surface area contributed by atoms with E-state index in [4.69, 9.17) is 57.3 Å². The van der Waals surface area contributed by atoms with Crippen molar-refractivity contribution in [3.05, 3.63) is 0 Å². The molecule has 0 aliphatic carbocycles. The molecule has 22 heavy (non-hydrogen) atoms. The molecular weight excluding hydrogens is 331 g/mol. The molecule has 10 N–H and O–H groups in total. The third-order valence-corrected chi connectivity index (χ3v) is 3.05. The second-order valence-corrected chi connectivity index (χ2v) is 5.12. The number of hydrogen-bond donors (Lipinski definition) is 6. The van der Waals surface area contributed by atoms with Crippen molar-refractivity contribution in [2.45, 2.75) is 25.7 Å². The Morgan fingerprint density at radius 1 is 0.727 bits per heavy atom. The van der Waals surface area contributed by atoms with Gasteiger partial charge in [0.15, 0.2) is 11.9 Å². The molecule has 0 radical (unpaired) electrons. The first kappa shape index (κ1) is 20.1. The fraction of sp³-hybridized carbons (Fsp3) is 0.600. The van der Waals surface area contributed by atoms with Crippen LogP contribution in [0.4, 0.5) is 0 Å². The smallest absolute Gasteiger partial charge is 0.235 e. The quantitative estimate of drug-likeness (QED) is 0.160. The van der Waals surface area contributed by atoms with Crippen molar-refractivity contribution in [3.63, 3.8) is 0 Å². The summed E-state index contributed by atoms with van der Waals surface area (Å²) in [6, 6.07) is 0. The molecule has 0 aromatic carbocycles. The molecule has 0 spiro atoms. The second kappa shape index (κ2) is 10.7. The number of guanidine groups is 4. The number of nitrogens with zero attached hydrogens (tertiary/aromatic N) is 4. The van der Waals surface area contributed by atoms with Gasteiger partial charge in [0.1, 0.15) is 0 Å².